The number of carbonyl (C=O) groups excluding carboxylic acids is 1. The minimum atomic E-state index is 0.265. The van der Waals surface area contributed by atoms with Crippen LogP contribution < -0.4 is 0 Å². The highest BCUT2D eigenvalue weighted by Crippen LogP contribution is 2.22. The molecule has 0 N–H and O–H groups in total. The van der Waals surface area contributed by atoms with E-state index in [-0.39, 0.29) is 5.91 Å². The molecule has 0 aliphatic carbocycles. The van der Waals surface area contributed by atoms with Crippen LogP contribution >= 0.6 is 11.3 Å². The third-order valence-corrected chi connectivity index (χ3v) is 6.11. The first kappa shape index (κ1) is 16.7. The van der Waals surface area contributed by atoms with E-state index in [0.717, 1.165) is 57.8 Å². The summed E-state index contributed by atoms with van der Waals surface area (Å²) >= 11 is 1.87. The first-order valence-electron chi connectivity index (χ1n) is 9.16. The first-order chi connectivity index (χ1) is 12.2. The molecule has 0 bridgehead atoms. The van der Waals surface area contributed by atoms with Crippen LogP contribution in [0.25, 0.3) is 0 Å². The number of fused-ring (bicyclic) bond motifs is 1. The summed E-state index contributed by atoms with van der Waals surface area (Å²) in [6.45, 7) is 7.73. The summed E-state index contributed by atoms with van der Waals surface area (Å²) in [4.78, 5) is 19.5. The molecule has 6 nitrogen and oxygen atoms in total. The van der Waals surface area contributed by atoms with Crippen molar-refractivity contribution >= 4 is 17.2 Å². The van der Waals surface area contributed by atoms with Crippen LogP contribution in [0, 0.1) is 6.92 Å². The van der Waals surface area contributed by atoms with E-state index in [1.807, 2.05) is 20.9 Å². The predicted octanol–water partition coefficient (Wildman–Crippen LogP) is 2.22. The molecule has 4 heterocycles. The summed E-state index contributed by atoms with van der Waals surface area (Å²) in [6, 6.07) is 4.41. The molecule has 0 saturated carbocycles. The SMILES string of the molecule is Cc1ccc(CN2CCn3nnc(CCC(=O)N4CCCC4)c3C2)s1. The van der Waals surface area contributed by atoms with Crippen molar-refractivity contribution in [3.63, 3.8) is 0 Å². The molecular formula is C18H25N5OS. The zero-order chi connectivity index (χ0) is 17.2. The Morgan fingerprint density at radius 2 is 2.04 bits per heavy atom. The van der Waals surface area contributed by atoms with Crippen LogP contribution in [0.1, 0.15) is 40.4 Å². The third-order valence-electron chi connectivity index (χ3n) is 5.13. The molecule has 134 valence electrons. The molecular weight excluding hydrogens is 334 g/mol. The molecule has 1 amide bonds. The monoisotopic (exact) mass is 359 g/mol. The largest absolute Gasteiger partial charge is 0.343 e. The highest BCUT2D eigenvalue weighted by molar-refractivity contribution is 7.11. The molecule has 2 aromatic rings. The number of amides is 1. The maximum atomic E-state index is 12.3. The first-order valence-corrected chi connectivity index (χ1v) is 9.97. The summed E-state index contributed by atoms with van der Waals surface area (Å²) in [6.07, 6.45) is 3.54. The molecule has 2 aromatic heterocycles. The van der Waals surface area contributed by atoms with Gasteiger partial charge < -0.3 is 4.90 Å². The fourth-order valence-corrected chi connectivity index (χ4v) is 4.65. The number of thiophene rings is 1. The second-order valence-electron chi connectivity index (χ2n) is 7.02. The number of carbonyl (C=O) groups is 1. The number of nitrogens with zero attached hydrogens (tertiary/aromatic N) is 5. The van der Waals surface area contributed by atoms with Crippen molar-refractivity contribution in [3.8, 4) is 0 Å². The van der Waals surface area contributed by atoms with Gasteiger partial charge in [0, 0.05) is 55.3 Å². The van der Waals surface area contributed by atoms with Gasteiger partial charge >= 0.3 is 0 Å². The van der Waals surface area contributed by atoms with Gasteiger partial charge in [-0.3, -0.25) is 9.69 Å². The molecule has 0 unspecified atom stereocenters. The van der Waals surface area contributed by atoms with Gasteiger partial charge in [0.1, 0.15) is 0 Å². The van der Waals surface area contributed by atoms with E-state index in [1.165, 1.54) is 15.4 Å². The Balaban J connectivity index is 1.37. The maximum Gasteiger partial charge on any atom is 0.222 e. The van der Waals surface area contributed by atoms with Crippen LogP contribution in [0.2, 0.25) is 0 Å². The van der Waals surface area contributed by atoms with Gasteiger partial charge in [0.15, 0.2) is 0 Å². The van der Waals surface area contributed by atoms with Gasteiger partial charge in [0.25, 0.3) is 0 Å². The summed E-state index contributed by atoms with van der Waals surface area (Å²) in [5.41, 5.74) is 2.19. The third kappa shape index (κ3) is 3.77. The minimum Gasteiger partial charge on any atom is -0.343 e. The van der Waals surface area contributed by atoms with Gasteiger partial charge in [-0.25, -0.2) is 4.68 Å². The van der Waals surface area contributed by atoms with Gasteiger partial charge in [-0.05, 0) is 31.9 Å². The average Bonchev–Trinajstić information content (AvgIpc) is 3.34. The number of rotatable bonds is 5. The highest BCUT2D eigenvalue weighted by Gasteiger charge is 2.24. The van der Waals surface area contributed by atoms with E-state index < -0.39 is 0 Å². The number of aromatic nitrogens is 3. The van der Waals surface area contributed by atoms with E-state index in [1.54, 1.807) is 0 Å². The second kappa shape index (κ2) is 7.25. The normalized spacial score (nSPS) is 17.9. The predicted molar refractivity (Wildman–Crippen MR) is 97.3 cm³/mol. The summed E-state index contributed by atoms with van der Waals surface area (Å²) in [7, 11) is 0. The summed E-state index contributed by atoms with van der Waals surface area (Å²) in [5, 5.41) is 8.66. The molecule has 1 fully saturated rings. The van der Waals surface area contributed by atoms with Crippen LogP contribution in [0.15, 0.2) is 12.1 Å². The standard InChI is InChI=1S/C18H25N5OS/c1-14-4-5-15(25-14)12-21-10-11-23-17(13-21)16(19-20-23)6-7-18(24)22-8-2-3-9-22/h4-5H,2-3,6-13H2,1H3. The van der Waals surface area contributed by atoms with E-state index in [4.69, 9.17) is 0 Å². The van der Waals surface area contributed by atoms with Crippen molar-refractivity contribution < 1.29 is 4.79 Å². The van der Waals surface area contributed by atoms with E-state index in [0.29, 0.717) is 12.8 Å². The summed E-state index contributed by atoms with van der Waals surface area (Å²) in [5.74, 6) is 0.265. The van der Waals surface area contributed by atoms with Crippen LogP contribution in [-0.4, -0.2) is 50.3 Å². The van der Waals surface area contributed by atoms with Crippen LogP contribution in [0.4, 0.5) is 0 Å². The van der Waals surface area contributed by atoms with Crippen molar-refractivity contribution in [1.82, 2.24) is 24.8 Å². The molecule has 0 aromatic carbocycles. The Morgan fingerprint density at radius 3 is 2.80 bits per heavy atom. The Labute approximate surface area is 152 Å². The molecule has 25 heavy (non-hydrogen) atoms. The van der Waals surface area contributed by atoms with Gasteiger partial charge in [-0.1, -0.05) is 5.21 Å². The van der Waals surface area contributed by atoms with Crippen molar-refractivity contribution in [2.45, 2.75) is 52.2 Å². The topological polar surface area (TPSA) is 54.3 Å². The maximum absolute atomic E-state index is 12.3. The lowest BCUT2D eigenvalue weighted by molar-refractivity contribution is -0.130. The van der Waals surface area contributed by atoms with E-state index >= 15 is 0 Å². The molecule has 4 rings (SSSR count). The Bertz CT molecular complexity index is 746. The second-order valence-corrected chi connectivity index (χ2v) is 8.39. The smallest absolute Gasteiger partial charge is 0.222 e. The van der Waals surface area contributed by atoms with Crippen molar-refractivity contribution in [2.24, 2.45) is 0 Å². The lowest BCUT2D eigenvalue weighted by Gasteiger charge is -2.27. The van der Waals surface area contributed by atoms with Gasteiger partial charge in [0.05, 0.1) is 17.9 Å². The molecule has 0 atom stereocenters. The molecule has 7 heteroatoms. The van der Waals surface area contributed by atoms with Crippen LogP contribution in [-0.2, 0) is 30.8 Å². The van der Waals surface area contributed by atoms with Crippen molar-refractivity contribution in [3.05, 3.63) is 33.3 Å². The molecule has 0 spiro atoms. The van der Waals surface area contributed by atoms with Gasteiger partial charge in [-0.15, -0.1) is 16.4 Å². The van der Waals surface area contributed by atoms with Gasteiger partial charge in [-0.2, -0.15) is 0 Å². The number of likely N-dealkylation sites (tertiary alicyclic amines) is 1. The Hall–Kier alpha value is -1.73. The molecule has 2 aliphatic heterocycles. The number of hydrogen-bond donors (Lipinski definition) is 0. The average molecular weight is 359 g/mol. The molecule has 0 radical (unpaired) electrons. The Morgan fingerprint density at radius 1 is 1.20 bits per heavy atom. The fourth-order valence-electron chi connectivity index (χ4n) is 3.72. The quantitative estimate of drug-likeness (QED) is 0.821. The van der Waals surface area contributed by atoms with Gasteiger partial charge in [0.2, 0.25) is 5.91 Å². The minimum absolute atomic E-state index is 0.265. The lowest BCUT2D eigenvalue weighted by Crippen LogP contribution is -2.33. The van der Waals surface area contributed by atoms with Crippen molar-refractivity contribution in [2.75, 3.05) is 19.6 Å². The van der Waals surface area contributed by atoms with Crippen molar-refractivity contribution in [1.29, 1.82) is 0 Å². The zero-order valence-corrected chi connectivity index (χ0v) is 15.6. The fraction of sp³-hybridized carbons (Fsp3) is 0.611. The molecule has 1 saturated heterocycles. The van der Waals surface area contributed by atoms with E-state index in [9.17, 15) is 4.79 Å². The molecule has 2 aliphatic rings. The lowest BCUT2D eigenvalue weighted by atomic mass is 10.1. The highest BCUT2D eigenvalue weighted by atomic mass is 32.1. The van der Waals surface area contributed by atoms with Crippen LogP contribution in [0.3, 0.4) is 0 Å². The Kier molecular flexibility index (Phi) is 4.85. The summed E-state index contributed by atoms with van der Waals surface area (Å²) < 4.78 is 2.02. The van der Waals surface area contributed by atoms with Crippen LogP contribution in [0.5, 0.6) is 0 Å². The number of aryl methyl sites for hydroxylation is 2. The zero-order valence-electron chi connectivity index (χ0n) is 14.8. The number of hydrogen-bond acceptors (Lipinski definition) is 5. The van der Waals surface area contributed by atoms with E-state index in [2.05, 4.69) is 34.3 Å².